The third-order valence-corrected chi connectivity index (χ3v) is 4.36. The van der Waals surface area contributed by atoms with Crippen molar-refractivity contribution in [2.75, 3.05) is 0 Å². The Labute approximate surface area is 137 Å². The van der Waals surface area contributed by atoms with E-state index in [-0.39, 0.29) is 0 Å². The molecular weight excluding hydrogens is 266 g/mol. The number of rotatable bonds is 9. The van der Waals surface area contributed by atoms with Gasteiger partial charge < -0.3 is 0 Å². The van der Waals surface area contributed by atoms with Crippen molar-refractivity contribution >= 4 is 5.71 Å². The highest BCUT2D eigenvalue weighted by Crippen LogP contribution is 2.19. The van der Waals surface area contributed by atoms with Crippen molar-refractivity contribution in [3.63, 3.8) is 0 Å². The Kier molecular flexibility index (Phi) is 8.16. The van der Waals surface area contributed by atoms with Crippen molar-refractivity contribution in [1.82, 2.24) is 0 Å². The second-order valence-corrected chi connectivity index (χ2v) is 7.01. The van der Waals surface area contributed by atoms with Gasteiger partial charge in [-0.2, -0.15) is 0 Å². The smallest absolute Gasteiger partial charge is 0.0447 e. The predicted octanol–water partition coefficient (Wildman–Crippen LogP) is 6.34. The first kappa shape index (κ1) is 18.7. The van der Waals surface area contributed by atoms with Crippen LogP contribution in [-0.2, 0) is 6.42 Å². The van der Waals surface area contributed by atoms with Gasteiger partial charge in [-0.15, -0.1) is 0 Å². The van der Waals surface area contributed by atoms with Gasteiger partial charge in [-0.1, -0.05) is 64.8 Å². The highest BCUT2D eigenvalue weighted by molar-refractivity contribution is 6.00. The molecule has 1 rings (SSSR count). The Morgan fingerprint density at radius 1 is 1.18 bits per heavy atom. The first-order valence-electron chi connectivity index (χ1n) is 8.69. The zero-order chi connectivity index (χ0) is 16.5. The van der Waals surface area contributed by atoms with Gasteiger partial charge in [0.2, 0.25) is 0 Å². The largest absolute Gasteiger partial charge is 0.262 e. The van der Waals surface area contributed by atoms with Crippen molar-refractivity contribution in [3.05, 3.63) is 47.7 Å². The standard InChI is InChI=1S/C21H33N/c1-7-22-19(6)21-14-13-20(15-18(21)5)10-8-9-17(4)12-11-16(2)3/h7,13-17H,1,8-12H2,2-6H3/t17-/m1/s1. The van der Waals surface area contributed by atoms with E-state index in [1.54, 1.807) is 6.20 Å². The lowest BCUT2D eigenvalue weighted by atomic mass is 9.93. The fraction of sp³-hybridized carbons (Fsp3) is 0.571. The van der Waals surface area contributed by atoms with Gasteiger partial charge in [-0.25, -0.2) is 0 Å². The van der Waals surface area contributed by atoms with Crippen LogP contribution in [0, 0.1) is 18.8 Å². The summed E-state index contributed by atoms with van der Waals surface area (Å²) in [7, 11) is 0. The van der Waals surface area contributed by atoms with Crippen LogP contribution < -0.4 is 0 Å². The Morgan fingerprint density at radius 3 is 2.50 bits per heavy atom. The van der Waals surface area contributed by atoms with E-state index in [1.807, 2.05) is 6.92 Å². The molecule has 0 aliphatic carbocycles. The highest BCUT2D eigenvalue weighted by atomic mass is 14.7. The molecule has 0 aliphatic heterocycles. The molecule has 0 aliphatic rings. The summed E-state index contributed by atoms with van der Waals surface area (Å²) in [4.78, 5) is 4.29. The lowest BCUT2D eigenvalue weighted by Gasteiger charge is -2.13. The monoisotopic (exact) mass is 299 g/mol. The molecule has 1 heteroatoms. The van der Waals surface area contributed by atoms with E-state index >= 15 is 0 Å². The van der Waals surface area contributed by atoms with E-state index in [0.717, 1.165) is 17.5 Å². The normalized spacial score (nSPS) is 13.5. The molecule has 0 fully saturated rings. The molecule has 0 bridgehead atoms. The SMILES string of the molecule is C=CN=C(C)c1ccc(CCC[C@@H](C)CCC(C)C)cc1C. The summed E-state index contributed by atoms with van der Waals surface area (Å²) in [5.41, 5.74) is 5.03. The van der Waals surface area contributed by atoms with Crippen LogP contribution in [0.3, 0.4) is 0 Å². The van der Waals surface area contributed by atoms with Crippen LogP contribution in [0.5, 0.6) is 0 Å². The van der Waals surface area contributed by atoms with Gasteiger partial charge in [0.25, 0.3) is 0 Å². The van der Waals surface area contributed by atoms with Crippen molar-refractivity contribution in [1.29, 1.82) is 0 Å². The first-order valence-corrected chi connectivity index (χ1v) is 8.69. The van der Waals surface area contributed by atoms with Crippen LogP contribution in [-0.4, -0.2) is 5.71 Å². The third kappa shape index (κ3) is 6.60. The van der Waals surface area contributed by atoms with Crippen LogP contribution >= 0.6 is 0 Å². The molecule has 0 unspecified atom stereocenters. The summed E-state index contributed by atoms with van der Waals surface area (Å²) in [5.74, 6) is 1.68. The molecule has 1 atom stereocenters. The molecule has 0 heterocycles. The molecule has 0 aromatic heterocycles. The summed E-state index contributed by atoms with van der Waals surface area (Å²) < 4.78 is 0. The van der Waals surface area contributed by atoms with Gasteiger partial charge in [0, 0.05) is 11.9 Å². The van der Waals surface area contributed by atoms with Crippen LogP contribution in [0.15, 0.2) is 36.0 Å². The molecule has 0 saturated carbocycles. The summed E-state index contributed by atoms with van der Waals surface area (Å²) >= 11 is 0. The second kappa shape index (κ2) is 9.61. The lowest BCUT2D eigenvalue weighted by molar-refractivity contribution is 0.419. The zero-order valence-corrected chi connectivity index (χ0v) is 15.2. The molecule has 0 N–H and O–H groups in total. The highest BCUT2D eigenvalue weighted by Gasteiger charge is 2.06. The average Bonchev–Trinajstić information content (AvgIpc) is 2.45. The van der Waals surface area contributed by atoms with E-state index < -0.39 is 0 Å². The van der Waals surface area contributed by atoms with Gasteiger partial charge in [0.15, 0.2) is 0 Å². The second-order valence-electron chi connectivity index (χ2n) is 7.01. The molecule has 1 nitrogen and oxygen atoms in total. The van der Waals surface area contributed by atoms with Crippen molar-refractivity contribution in [2.45, 2.75) is 66.7 Å². The van der Waals surface area contributed by atoms with Gasteiger partial charge >= 0.3 is 0 Å². The van der Waals surface area contributed by atoms with Crippen LogP contribution in [0.1, 0.15) is 70.1 Å². The Bertz CT molecular complexity index is 497. The molecule has 1 aromatic carbocycles. The summed E-state index contributed by atoms with van der Waals surface area (Å²) in [6, 6.07) is 6.77. The van der Waals surface area contributed by atoms with Crippen molar-refractivity contribution in [3.8, 4) is 0 Å². The zero-order valence-electron chi connectivity index (χ0n) is 15.2. The van der Waals surface area contributed by atoms with Crippen LogP contribution in [0.25, 0.3) is 0 Å². The minimum atomic E-state index is 0.832. The summed E-state index contributed by atoms with van der Waals surface area (Å²) in [5, 5.41) is 0. The fourth-order valence-electron chi connectivity index (χ4n) is 2.91. The van der Waals surface area contributed by atoms with Gasteiger partial charge in [-0.3, -0.25) is 4.99 Å². The summed E-state index contributed by atoms with van der Waals surface area (Å²) in [6.45, 7) is 14.9. The first-order chi connectivity index (χ1) is 10.4. The lowest BCUT2D eigenvalue weighted by Crippen LogP contribution is -2.01. The van der Waals surface area contributed by atoms with E-state index in [9.17, 15) is 0 Å². The minimum Gasteiger partial charge on any atom is -0.262 e. The molecule has 22 heavy (non-hydrogen) atoms. The molecule has 0 saturated heterocycles. The van der Waals surface area contributed by atoms with Crippen molar-refractivity contribution < 1.29 is 0 Å². The van der Waals surface area contributed by atoms with Crippen molar-refractivity contribution in [2.24, 2.45) is 16.8 Å². The van der Waals surface area contributed by atoms with Crippen LogP contribution in [0.4, 0.5) is 0 Å². The van der Waals surface area contributed by atoms with Gasteiger partial charge in [0.1, 0.15) is 0 Å². The number of aliphatic imine (C=N–C) groups is 1. The number of hydrogen-bond donors (Lipinski definition) is 0. The maximum atomic E-state index is 4.29. The van der Waals surface area contributed by atoms with E-state index in [0.29, 0.717) is 0 Å². The van der Waals surface area contributed by atoms with E-state index in [1.165, 1.54) is 48.8 Å². The number of nitrogens with zero attached hydrogens (tertiary/aromatic N) is 1. The van der Waals surface area contributed by atoms with E-state index in [4.69, 9.17) is 0 Å². The number of hydrogen-bond acceptors (Lipinski definition) is 1. The predicted molar refractivity (Wildman–Crippen MR) is 99.8 cm³/mol. The number of benzene rings is 1. The topological polar surface area (TPSA) is 12.4 Å². The number of aryl methyl sites for hydroxylation is 2. The average molecular weight is 300 g/mol. The maximum Gasteiger partial charge on any atom is 0.0447 e. The van der Waals surface area contributed by atoms with E-state index in [2.05, 4.69) is 57.5 Å². The molecule has 1 aromatic rings. The summed E-state index contributed by atoms with van der Waals surface area (Å²) in [6.07, 6.45) is 8.15. The quantitative estimate of drug-likeness (QED) is 0.472. The maximum absolute atomic E-state index is 4.29. The molecule has 0 amide bonds. The third-order valence-electron chi connectivity index (χ3n) is 4.36. The molecule has 0 radical (unpaired) electrons. The minimum absolute atomic E-state index is 0.832. The van der Waals surface area contributed by atoms with Crippen LogP contribution in [0.2, 0.25) is 0 Å². The van der Waals surface area contributed by atoms with Gasteiger partial charge in [0.05, 0.1) is 0 Å². The molecule has 0 spiro atoms. The molecule has 122 valence electrons. The Balaban J connectivity index is 2.49. The van der Waals surface area contributed by atoms with Gasteiger partial charge in [-0.05, 0) is 55.2 Å². The Hall–Kier alpha value is -1.37. The Morgan fingerprint density at radius 2 is 1.91 bits per heavy atom. The molecular formula is C21H33N. The fourth-order valence-corrected chi connectivity index (χ4v) is 2.91.